The molecule has 7 nitrogen and oxygen atoms in total. The van der Waals surface area contributed by atoms with Crippen LogP contribution in [0.15, 0.2) is 59.1 Å². The minimum absolute atomic E-state index is 0.0499. The van der Waals surface area contributed by atoms with Gasteiger partial charge < -0.3 is 19.7 Å². The number of aromatic nitrogens is 2. The van der Waals surface area contributed by atoms with Gasteiger partial charge in [-0.25, -0.2) is 9.78 Å². The fourth-order valence-corrected chi connectivity index (χ4v) is 3.39. The monoisotopic (exact) mass is 381 g/mol. The Labute approximate surface area is 158 Å². The molecule has 4 aromatic rings. The first-order valence-electron chi connectivity index (χ1n) is 8.13. The van der Waals surface area contributed by atoms with E-state index in [1.165, 1.54) is 0 Å². The second-order valence-electron chi connectivity index (χ2n) is 5.67. The van der Waals surface area contributed by atoms with Crippen LogP contribution in [0.2, 0.25) is 0 Å². The number of para-hydroxylation sites is 1. The Hall–Kier alpha value is -3.39. The number of ether oxygens (including phenoxy) is 2. The summed E-state index contributed by atoms with van der Waals surface area (Å²) in [5.41, 5.74) is 7.40. The maximum Gasteiger partial charge on any atom is 0.404 e. The summed E-state index contributed by atoms with van der Waals surface area (Å²) in [6, 6.07) is 17.2. The van der Waals surface area contributed by atoms with Crippen molar-refractivity contribution in [1.82, 2.24) is 10.1 Å². The standard InChI is InChI=1S/C19H15N3O4S/c20-19(23)25-10-14-9-16(22-26-14)12-5-7-13(8-6-12)24-11-18-21-15-3-1-2-4-17(15)27-18/h1-9H,10-11H2,(H2,20,23). The van der Waals surface area contributed by atoms with Crippen LogP contribution >= 0.6 is 11.3 Å². The van der Waals surface area contributed by atoms with Crippen molar-refractivity contribution in [1.29, 1.82) is 0 Å². The van der Waals surface area contributed by atoms with Gasteiger partial charge in [0.1, 0.15) is 23.1 Å². The number of amides is 1. The second-order valence-corrected chi connectivity index (χ2v) is 6.79. The maximum absolute atomic E-state index is 10.6. The van der Waals surface area contributed by atoms with E-state index in [1.807, 2.05) is 48.5 Å². The molecule has 0 spiro atoms. The number of primary amides is 1. The van der Waals surface area contributed by atoms with Gasteiger partial charge >= 0.3 is 6.09 Å². The number of hydrogen-bond acceptors (Lipinski definition) is 7. The van der Waals surface area contributed by atoms with Crippen molar-refractivity contribution in [2.24, 2.45) is 5.73 Å². The van der Waals surface area contributed by atoms with Crippen molar-refractivity contribution in [2.45, 2.75) is 13.2 Å². The van der Waals surface area contributed by atoms with E-state index in [2.05, 4.69) is 14.9 Å². The quantitative estimate of drug-likeness (QED) is 0.539. The Morgan fingerprint density at radius 3 is 2.70 bits per heavy atom. The van der Waals surface area contributed by atoms with Crippen LogP contribution in [0.25, 0.3) is 21.5 Å². The lowest BCUT2D eigenvalue weighted by Gasteiger charge is -2.04. The van der Waals surface area contributed by atoms with Crippen LogP contribution in [0.3, 0.4) is 0 Å². The largest absolute Gasteiger partial charge is 0.486 e. The molecule has 2 N–H and O–H groups in total. The van der Waals surface area contributed by atoms with Gasteiger partial charge in [-0.15, -0.1) is 11.3 Å². The molecular weight excluding hydrogens is 366 g/mol. The van der Waals surface area contributed by atoms with E-state index in [4.69, 9.17) is 15.0 Å². The van der Waals surface area contributed by atoms with Gasteiger partial charge in [0.05, 0.1) is 10.2 Å². The molecule has 0 fully saturated rings. The smallest absolute Gasteiger partial charge is 0.404 e. The van der Waals surface area contributed by atoms with Crippen LogP contribution in [-0.2, 0) is 18.0 Å². The minimum Gasteiger partial charge on any atom is -0.486 e. The topological polar surface area (TPSA) is 100 Å². The van der Waals surface area contributed by atoms with E-state index in [1.54, 1.807) is 17.4 Å². The minimum atomic E-state index is -0.859. The molecule has 0 aliphatic heterocycles. The molecule has 4 rings (SSSR count). The summed E-state index contributed by atoms with van der Waals surface area (Å²) < 4.78 is 16.7. The van der Waals surface area contributed by atoms with Crippen LogP contribution in [0.4, 0.5) is 4.79 Å². The lowest BCUT2D eigenvalue weighted by Crippen LogP contribution is -2.12. The molecular formula is C19H15N3O4S. The van der Waals surface area contributed by atoms with Gasteiger partial charge in [-0.1, -0.05) is 17.3 Å². The summed E-state index contributed by atoms with van der Waals surface area (Å²) in [5, 5.41) is 4.88. The fraction of sp³-hybridized carbons (Fsp3) is 0.105. The molecule has 0 bridgehead atoms. The first-order chi connectivity index (χ1) is 13.2. The Bertz CT molecular complexity index is 1040. The predicted octanol–water partition coefficient (Wildman–Crippen LogP) is 4.13. The van der Waals surface area contributed by atoms with Crippen molar-refractivity contribution >= 4 is 27.6 Å². The third kappa shape index (κ3) is 4.06. The number of benzene rings is 2. The Kier molecular flexibility index (Phi) is 4.71. The van der Waals surface area contributed by atoms with E-state index < -0.39 is 6.09 Å². The number of fused-ring (bicyclic) bond motifs is 1. The zero-order valence-corrected chi connectivity index (χ0v) is 14.9. The third-order valence-electron chi connectivity index (χ3n) is 3.77. The lowest BCUT2D eigenvalue weighted by atomic mass is 10.1. The molecule has 2 aromatic heterocycles. The summed E-state index contributed by atoms with van der Waals surface area (Å²) in [4.78, 5) is 15.2. The number of nitrogens with zero attached hydrogens (tertiary/aromatic N) is 2. The average molecular weight is 381 g/mol. The first kappa shape index (κ1) is 17.0. The molecule has 0 aliphatic carbocycles. The highest BCUT2D eigenvalue weighted by molar-refractivity contribution is 7.18. The Morgan fingerprint density at radius 1 is 1.11 bits per heavy atom. The molecule has 0 saturated carbocycles. The predicted molar refractivity (Wildman–Crippen MR) is 100 cm³/mol. The van der Waals surface area contributed by atoms with E-state index in [0.717, 1.165) is 26.5 Å². The van der Waals surface area contributed by atoms with Crippen LogP contribution in [0.1, 0.15) is 10.8 Å². The molecule has 0 radical (unpaired) electrons. The molecule has 8 heteroatoms. The fourth-order valence-electron chi connectivity index (χ4n) is 2.51. The molecule has 2 aromatic carbocycles. The third-order valence-corrected chi connectivity index (χ3v) is 4.78. The molecule has 1 amide bonds. The summed E-state index contributed by atoms with van der Waals surface area (Å²) in [7, 11) is 0. The van der Waals surface area contributed by atoms with E-state index in [0.29, 0.717) is 18.1 Å². The van der Waals surface area contributed by atoms with Crippen LogP contribution in [0, 0.1) is 0 Å². The zero-order chi connectivity index (χ0) is 18.6. The number of thiazole rings is 1. The van der Waals surface area contributed by atoms with Gasteiger partial charge in [0.2, 0.25) is 0 Å². The number of carbonyl (C=O) groups is 1. The Morgan fingerprint density at radius 2 is 1.93 bits per heavy atom. The van der Waals surface area contributed by atoms with Crippen LogP contribution in [0.5, 0.6) is 5.75 Å². The van der Waals surface area contributed by atoms with Crippen LogP contribution < -0.4 is 10.5 Å². The van der Waals surface area contributed by atoms with E-state index in [9.17, 15) is 4.79 Å². The Balaban J connectivity index is 1.39. The van der Waals surface area contributed by atoms with Gasteiger partial charge in [-0.2, -0.15) is 0 Å². The molecule has 0 aliphatic rings. The highest BCUT2D eigenvalue weighted by Crippen LogP contribution is 2.25. The second kappa shape index (κ2) is 7.46. The molecule has 0 saturated heterocycles. The maximum atomic E-state index is 10.6. The van der Waals surface area contributed by atoms with Crippen molar-refractivity contribution in [3.63, 3.8) is 0 Å². The van der Waals surface area contributed by atoms with Crippen molar-refractivity contribution in [2.75, 3.05) is 0 Å². The van der Waals surface area contributed by atoms with Crippen molar-refractivity contribution < 1.29 is 18.8 Å². The molecule has 136 valence electrons. The van der Waals surface area contributed by atoms with Gasteiger partial charge in [0, 0.05) is 11.6 Å². The molecule has 0 unspecified atom stereocenters. The number of rotatable bonds is 6. The summed E-state index contributed by atoms with van der Waals surface area (Å²) in [6.45, 7) is 0.364. The SMILES string of the molecule is NC(=O)OCc1cc(-c2ccc(OCc3nc4ccccc4s3)cc2)no1. The van der Waals surface area contributed by atoms with Gasteiger partial charge in [0.15, 0.2) is 12.4 Å². The van der Waals surface area contributed by atoms with Crippen molar-refractivity contribution in [3.05, 3.63) is 65.4 Å². The van der Waals surface area contributed by atoms with Crippen LogP contribution in [-0.4, -0.2) is 16.2 Å². The highest BCUT2D eigenvalue weighted by atomic mass is 32.1. The average Bonchev–Trinajstić information content (AvgIpc) is 3.32. The highest BCUT2D eigenvalue weighted by Gasteiger charge is 2.09. The lowest BCUT2D eigenvalue weighted by molar-refractivity contribution is 0.137. The zero-order valence-electron chi connectivity index (χ0n) is 14.1. The number of carbonyl (C=O) groups excluding carboxylic acids is 1. The first-order valence-corrected chi connectivity index (χ1v) is 8.94. The molecule has 2 heterocycles. The number of nitrogens with two attached hydrogens (primary N) is 1. The molecule has 27 heavy (non-hydrogen) atoms. The van der Waals surface area contributed by atoms with Crippen molar-refractivity contribution in [3.8, 4) is 17.0 Å². The van der Waals surface area contributed by atoms with E-state index in [-0.39, 0.29) is 6.61 Å². The summed E-state index contributed by atoms with van der Waals surface area (Å²) in [6.07, 6.45) is -0.859. The number of hydrogen-bond donors (Lipinski definition) is 1. The normalized spacial score (nSPS) is 10.8. The van der Waals surface area contributed by atoms with E-state index >= 15 is 0 Å². The summed E-state index contributed by atoms with van der Waals surface area (Å²) in [5.74, 6) is 1.15. The summed E-state index contributed by atoms with van der Waals surface area (Å²) >= 11 is 1.62. The van der Waals surface area contributed by atoms with Gasteiger partial charge in [-0.05, 0) is 36.4 Å². The van der Waals surface area contributed by atoms with Gasteiger partial charge in [-0.3, -0.25) is 0 Å². The van der Waals surface area contributed by atoms with Gasteiger partial charge in [0.25, 0.3) is 0 Å². The molecule has 0 atom stereocenters.